The maximum Gasteiger partial charge on any atom is 0.229 e. The molecule has 1 amide bonds. The second-order valence-corrected chi connectivity index (χ2v) is 7.86. The first kappa shape index (κ1) is 19.0. The van der Waals surface area contributed by atoms with Crippen molar-refractivity contribution in [2.24, 2.45) is 5.41 Å². The Morgan fingerprint density at radius 1 is 1.14 bits per heavy atom. The van der Waals surface area contributed by atoms with Crippen molar-refractivity contribution < 1.29 is 19.4 Å². The van der Waals surface area contributed by atoms with Crippen molar-refractivity contribution in [2.45, 2.75) is 25.4 Å². The normalized spacial score (nSPS) is 19.1. The fraction of sp³-hybridized carbons (Fsp3) is 0.435. The molecule has 2 aromatic carbocycles. The number of rotatable bonds is 5. The fourth-order valence-electron chi connectivity index (χ4n) is 4.22. The van der Waals surface area contributed by atoms with Crippen molar-refractivity contribution >= 4 is 5.91 Å². The van der Waals surface area contributed by atoms with Crippen molar-refractivity contribution in [3.8, 4) is 16.9 Å². The Hall–Kier alpha value is -2.37. The van der Waals surface area contributed by atoms with E-state index in [0.717, 1.165) is 35.3 Å². The van der Waals surface area contributed by atoms with Gasteiger partial charge in [-0.3, -0.25) is 4.79 Å². The number of ether oxygens (including phenoxy) is 2. The summed E-state index contributed by atoms with van der Waals surface area (Å²) in [7, 11) is 1.66. The van der Waals surface area contributed by atoms with Crippen LogP contribution in [-0.4, -0.2) is 55.4 Å². The number of β-amino-alcohol motifs (C(OH)–C–C–N with tert-alkyl or cyclic N) is 1. The van der Waals surface area contributed by atoms with Gasteiger partial charge >= 0.3 is 0 Å². The van der Waals surface area contributed by atoms with E-state index < -0.39 is 5.41 Å². The smallest absolute Gasteiger partial charge is 0.229 e. The zero-order chi connectivity index (χ0) is 19.6. The van der Waals surface area contributed by atoms with Gasteiger partial charge in [0.15, 0.2) is 0 Å². The van der Waals surface area contributed by atoms with Crippen molar-refractivity contribution in [2.75, 3.05) is 33.4 Å². The lowest BCUT2D eigenvalue weighted by Gasteiger charge is -2.45. The Morgan fingerprint density at radius 3 is 2.50 bits per heavy atom. The molecule has 2 aliphatic heterocycles. The molecule has 0 radical (unpaired) electrons. The van der Waals surface area contributed by atoms with Gasteiger partial charge in [-0.25, -0.2) is 0 Å². The average molecular weight is 381 g/mol. The average Bonchev–Trinajstić information content (AvgIpc) is 2.72. The summed E-state index contributed by atoms with van der Waals surface area (Å²) in [5, 5.41) is 9.61. The van der Waals surface area contributed by atoms with Crippen LogP contribution < -0.4 is 4.74 Å². The van der Waals surface area contributed by atoms with Gasteiger partial charge in [0, 0.05) is 26.3 Å². The predicted octanol–water partition coefficient (Wildman–Crippen LogP) is 2.90. The molecule has 0 aliphatic carbocycles. The lowest BCUT2D eigenvalue weighted by Crippen LogP contribution is -2.59. The van der Waals surface area contributed by atoms with Crippen LogP contribution in [0, 0.1) is 5.41 Å². The predicted molar refractivity (Wildman–Crippen MR) is 107 cm³/mol. The number of likely N-dealkylation sites (tertiary alicyclic amines) is 1. The SMILES string of the molecule is COc1ccc(-c2cccc(CC3(C(=O)N4CC(O)C4)CCOCC3)c2)cc1. The Labute approximate surface area is 165 Å². The van der Waals surface area contributed by atoms with Crippen LogP contribution >= 0.6 is 0 Å². The highest BCUT2D eigenvalue weighted by molar-refractivity contribution is 5.84. The zero-order valence-corrected chi connectivity index (χ0v) is 16.3. The van der Waals surface area contributed by atoms with Crippen LogP contribution in [0.2, 0.25) is 0 Å². The highest BCUT2D eigenvalue weighted by atomic mass is 16.5. The van der Waals surface area contributed by atoms with Crippen LogP contribution in [0.15, 0.2) is 48.5 Å². The Bertz CT molecular complexity index is 821. The molecule has 148 valence electrons. The summed E-state index contributed by atoms with van der Waals surface area (Å²) in [5.41, 5.74) is 2.98. The van der Waals surface area contributed by atoms with E-state index in [1.54, 1.807) is 12.0 Å². The number of methoxy groups -OCH3 is 1. The molecule has 0 aromatic heterocycles. The third kappa shape index (κ3) is 3.77. The minimum absolute atomic E-state index is 0.163. The van der Waals surface area contributed by atoms with E-state index >= 15 is 0 Å². The zero-order valence-electron chi connectivity index (χ0n) is 16.3. The molecule has 0 unspecified atom stereocenters. The number of hydrogen-bond donors (Lipinski definition) is 1. The molecule has 5 nitrogen and oxygen atoms in total. The molecule has 2 fully saturated rings. The molecular weight excluding hydrogens is 354 g/mol. The number of carbonyl (C=O) groups excluding carboxylic acids is 1. The monoisotopic (exact) mass is 381 g/mol. The Kier molecular flexibility index (Phi) is 5.38. The summed E-state index contributed by atoms with van der Waals surface area (Å²) in [6.07, 6.45) is 1.78. The first-order chi connectivity index (χ1) is 13.6. The molecule has 0 spiro atoms. The molecule has 2 saturated heterocycles. The van der Waals surface area contributed by atoms with Gasteiger partial charge in [0.2, 0.25) is 5.91 Å². The Morgan fingerprint density at radius 2 is 1.86 bits per heavy atom. The van der Waals surface area contributed by atoms with E-state index in [-0.39, 0.29) is 12.0 Å². The summed E-state index contributed by atoms with van der Waals surface area (Å²) in [5.74, 6) is 0.999. The van der Waals surface area contributed by atoms with E-state index in [2.05, 4.69) is 36.4 Å². The summed E-state index contributed by atoms with van der Waals surface area (Å²) in [6.45, 7) is 2.13. The first-order valence-electron chi connectivity index (χ1n) is 9.88. The highest BCUT2D eigenvalue weighted by Gasteiger charge is 2.45. The number of carbonyl (C=O) groups is 1. The molecular formula is C23H27NO4. The van der Waals surface area contributed by atoms with Crippen LogP contribution in [0.3, 0.4) is 0 Å². The second-order valence-electron chi connectivity index (χ2n) is 7.86. The van der Waals surface area contributed by atoms with Crippen LogP contribution in [0.4, 0.5) is 0 Å². The van der Waals surface area contributed by atoms with Crippen molar-refractivity contribution in [1.29, 1.82) is 0 Å². The van der Waals surface area contributed by atoms with Crippen LogP contribution in [0.5, 0.6) is 5.75 Å². The van der Waals surface area contributed by atoms with Gasteiger partial charge in [-0.15, -0.1) is 0 Å². The van der Waals surface area contributed by atoms with Gasteiger partial charge in [-0.05, 0) is 48.1 Å². The quantitative estimate of drug-likeness (QED) is 0.865. The highest BCUT2D eigenvalue weighted by Crippen LogP contribution is 2.38. The van der Waals surface area contributed by atoms with Gasteiger partial charge in [-0.1, -0.05) is 36.4 Å². The van der Waals surface area contributed by atoms with Gasteiger partial charge in [0.05, 0.1) is 18.6 Å². The summed E-state index contributed by atoms with van der Waals surface area (Å²) in [4.78, 5) is 15.0. The lowest BCUT2D eigenvalue weighted by molar-refractivity contribution is -0.158. The maximum absolute atomic E-state index is 13.2. The van der Waals surface area contributed by atoms with Crippen LogP contribution in [0.1, 0.15) is 18.4 Å². The molecule has 2 heterocycles. The molecule has 4 rings (SSSR count). The molecule has 2 aromatic rings. The van der Waals surface area contributed by atoms with E-state index in [1.807, 2.05) is 12.1 Å². The largest absolute Gasteiger partial charge is 0.497 e. The van der Waals surface area contributed by atoms with Crippen LogP contribution in [-0.2, 0) is 16.0 Å². The lowest BCUT2D eigenvalue weighted by atomic mass is 9.73. The number of amides is 1. The summed E-state index contributed by atoms with van der Waals surface area (Å²) >= 11 is 0. The standard InChI is InChI=1S/C23H27NO4/c1-27-21-7-5-18(6-8-21)19-4-2-3-17(13-19)14-23(9-11-28-12-10-23)22(26)24-15-20(25)16-24/h2-8,13,20,25H,9-12,14-16H2,1H3. The van der Waals surface area contributed by atoms with Gasteiger partial charge < -0.3 is 19.5 Å². The molecule has 2 aliphatic rings. The summed E-state index contributed by atoms with van der Waals surface area (Å²) in [6, 6.07) is 16.4. The third-order valence-corrected chi connectivity index (χ3v) is 5.95. The minimum Gasteiger partial charge on any atom is -0.497 e. The molecule has 5 heteroatoms. The van der Waals surface area contributed by atoms with E-state index in [9.17, 15) is 9.90 Å². The molecule has 0 atom stereocenters. The Balaban J connectivity index is 1.57. The number of hydrogen-bond acceptors (Lipinski definition) is 4. The number of benzene rings is 2. The van der Waals surface area contributed by atoms with Crippen molar-refractivity contribution in [3.05, 3.63) is 54.1 Å². The first-order valence-corrected chi connectivity index (χ1v) is 9.88. The molecule has 0 bridgehead atoms. The molecule has 28 heavy (non-hydrogen) atoms. The van der Waals surface area contributed by atoms with Crippen molar-refractivity contribution in [3.63, 3.8) is 0 Å². The van der Waals surface area contributed by atoms with Crippen molar-refractivity contribution in [1.82, 2.24) is 4.90 Å². The van der Waals surface area contributed by atoms with Gasteiger partial charge in [0.25, 0.3) is 0 Å². The number of nitrogens with zero attached hydrogens (tertiary/aromatic N) is 1. The number of aliphatic hydroxyl groups is 1. The topological polar surface area (TPSA) is 59.0 Å². The maximum atomic E-state index is 13.2. The fourth-order valence-corrected chi connectivity index (χ4v) is 4.22. The van der Waals surface area contributed by atoms with Gasteiger partial charge in [0.1, 0.15) is 5.75 Å². The van der Waals surface area contributed by atoms with Crippen LogP contribution in [0.25, 0.3) is 11.1 Å². The summed E-state index contributed by atoms with van der Waals surface area (Å²) < 4.78 is 10.8. The van der Waals surface area contributed by atoms with E-state index in [1.165, 1.54) is 0 Å². The third-order valence-electron chi connectivity index (χ3n) is 5.95. The van der Waals surface area contributed by atoms with E-state index in [4.69, 9.17) is 9.47 Å². The molecule has 1 N–H and O–H groups in total. The second kappa shape index (κ2) is 7.94. The minimum atomic E-state index is -0.434. The number of aliphatic hydroxyl groups excluding tert-OH is 1. The van der Waals surface area contributed by atoms with E-state index in [0.29, 0.717) is 32.7 Å². The van der Waals surface area contributed by atoms with Gasteiger partial charge in [-0.2, -0.15) is 0 Å². The molecule has 0 saturated carbocycles.